The summed E-state index contributed by atoms with van der Waals surface area (Å²) in [6.07, 6.45) is 1.52. The maximum absolute atomic E-state index is 12.4. The van der Waals surface area contributed by atoms with E-state index in [1.54, 1.807) is 24.3 Å². The third-order valence-corrected chi connectivity index (χ3v) is 6.50. The van der Waals surface area contributed by atoms with Crippen LogP contribution >= 0.6 is 11.8 Å². The number of phenols is 1. The van der Waals surface area contributed by atoms with Crippen LogP contribution in [0.25, 0.3) is 16.5 Å². The van der Waals surface area contributed by atoms with Crippen LogP contribution in [-0.2, 0) is 11.3 Å². The Bertz CT molecular complexity index is 1530. The van der Waals surface area contributed by atoms with E-state index in [1.807, 2.05) is 59.2 Å². The number of hydrogen-bond donors (Lipinski definition) is 3. The lowest BCUT2D eigenvalue weighted by molar-refractivity contribution is -0.118. The predicted octanol–water partition coefficient (Wildman–Crippen LogP) is 4.98. The molecule has 37 heavy (non-hydrogen) atoms. The number of nitrogens with one attached hydrogen (secondary N) is 2. The maximum Gasteiger partial charge on any atom is 0.250 e. The molecule has 184 valence electrons. The van der Waals surface area contributed by atoms with Gasteiger partial charge in [-0.25, -0.2) is 5.43 Å². The van der Waals surface area contributed by atoms with Gasteiger partial charge in [-0.1, -0.05) is 66.4 Å². The van der Waals surface area contributed by atoms with Crippen molar-refractivity contribution in [2.75, 3.05) is 11.1 Å². The van der Waals surface area contributed by atoms with Crippen LogP contribution in [0.5, 0.6) is 5.75 Å². The van der Waals surface area contributed by atoms with Crippen LogP contribution in [0.2, 0.25) is 0 Å². The van der Waals surface area contributed by atoms with Gasteiger partial charge < -0.3 is 10.4 Å². The molecule has 0 spiro atoms. The van der Waals surface area contributed by atoms with Gasteiger partial charge in [0.2, 0.25) is 0 Å². The van der Waals surface area contributed by atoms with Crippen LogP contribution in [0.1, 0.15) is 11.4 Å². The molecule has 0 atom stereocenters. The summed E-state index contributed by atoms with van der Waals surface area (Å²) in [5, 5.41) is 28.5. The number of nitrogens with zero attached hydrogens (tertiary/aromatic N) is 4. The van der Waals surface area contributed by atoms with Crippen molar-refractivity contribution in [2.45, 2.75) is 11.7 Å². The smallest absolute Gasteiger partial charge is 0.250 e. The number of hydrogen-bond acceptors (Lipinski definition) is 7. The van der Waals surface area contributed by atoms with Gasteiger partial charge >= 0.3 is 0 Å². The molecule has 1 amide bonds. The third kappa shape index (κ3) is 5.96. The number of aromatic hydroxyl groups is 1. The highest BCUT2D eigenvalue weighted by molar-refractivity contribution is 7.99. The molecule has 0 aliphatic carbocycles. The zero-order valence-electron chi connectivity index (χ0n) is 19.8. The first-order valence-electron chi connectivity index (χ1n) is 11.6. The number of phenolic OH excluding ortho intramolecular Hbond substituents is 1. The minimum atomic E-state index is -0.266. The normalized spacial score (nSPS) is 11.1. The van der Waals surface area contributed by atoms with Crippen molar-refractivity contribution < 1.29 is 9.90 Å². The molecule has 1 aromatic heterocycles. The predicted molar refractivity (Wildman–Crippen MR) is 147 cm³/mol. The number of amides is 1. The summed E-state index contributed by atoms with van der Waals surface area (Å²) in [5.41, 5.74) is 5.21. The molecular formula is C28H24N6O2S. The second-order valence-corrected chi connectivity index (χ2v) is 9.07. The number of hydrazone groups is 1. The van der Waals surface area contributed by atoms with E-state index < -0.39 is 0 Å². The summed E-state index contributed by atoms with van der Waals surface area (Å²) in [7, 11) is 0. The zero-order valence-corrected chi connectivity index (χ0v) is 20.6. The fourth-order valence-electron chi connectivity index (χ4n) is 3.80. The van der Waals surface area contributed by atoms with Gasteiger partial charge in [-0.3, -0.25) is 9.36 Å². The molecule has 0 aliphatic heterocycles. The molecule has 0 unspecified atom stereocenters. The molecule has 5 rings (SSSR count). The molecular weight excluding hydrogens is 484 g/mol. The quantitative estimate of drug-likeness (QED) is 0.147. The van der Waals surface area contributed by atoms with Gasteiger partial charge in [-0.15, -0.1) is 10.2 Å². The minimum Gasteiger partial charge on any atom is -0.508 e. The van der Waals surface area contributed by atoms with Crippen LogP contribution in [0, 0.1) is 0 Å². The molecule has 1 heterocycles. The van der Waals surface area contributed by atoms with E-state index in [4.69, 9.17) is 0 Å². The van der Waals surface area contributed by atoms with Crippen molar-refractivity contribution in [1.29, 1.82) is 0 Å². The standard InChI is InChI=1S/C28H24N6O2S/c35-23-15-13-20(14-16-23)17-30-32-27(36)19-37-28-33-31-26(34(28)22-9-2-1-3-10-22)18-29-25-12-6-8-21-7-4-5-11-24(21)25/h1-17,29,35H,18-19H2,(H,32,36). The molecule has 0 bridgehead atoms. The highest BCUT2D eigenvalue weighted by atomic mass is 32.2. The topological polar surface area (TPSA) is 104 Å². The number of thioether (sulfide) groups is 1. The minimum absolute atomic E-state index is 0.120. The second kappa shape index (κ2) is 11.4. The van der Waals surface area contributed by atoms with E-state index in [2.05, 4.69) is 44.2 Å². The number of fused-ring (bicyclic) bond motifs is 1. The van der Waals surface area contributed by atoms with E-state index in [0.29, 0.717) is 11.7 Å². The monoisotopic (exact) mass is 508 g/mol. The van der Waals surface area contributed by atoms with Gasteiger partial charge in [0.05, 0.1) is 18.5 Å². The van der Waals surface area contributed by atoms with Crippen LogP contribution in [0.4, 0.5) is 5.69 Å². The lowest BCUT2D eigenvalue weighted by Crippen LogP contribution is -2.20. The summed E-state index contributed by atoms with van der Waals surface area (Å²) >= 11 is 1.29. The van der Waals surface area contributed by atoms with Gasteiger partial charge in [0.1, 0.15) is 5.75 Å². The van der Waals surface area contributed by atoms with Gasteiger partial charge in [0, 0.05) is 16.8 Å². The first-order valence-corrected chi connectivity index (χ1v) is 12.6. The zero-order chi connectivity index (χ0) is 25.5. The average Bonchev–Trinajstić information content (AvgIpc) is 3.35. The number of para-hydroxylation sites is 1. The molecule has 0 saturated heterocycles. The van der Waals surface area contributed by atoms with Crippen LogP contribution in [0.3, 0.4) is 0 Å². The molecule has 5 aromatic rings. The Morgan fingerprint density at radius 2 is 1.68 bits per heavy atom. The molecule has 0 aliphatic rings. The first kappa shape index (κ1) is 24.1. The van der Waals surface area contributed by atoms with E-state index in [0.717, 1.165) is 33.5 Å². The molecule has 4 aromatic carbocycles. The molecule has 0 radical (unpaired) electrons. The Hall–Kier alpha value is -4.63. The number of anilines is 1. The van der Waals surface area contributed by atoms with Gasteiger partial charge in [0.15, 0.2) is 11.0 Å². The maximum atomic E-state index is 12.4. The Labute approximate surface area is 218 Å². The van der Waals surface area contributed by atoms with Crippen molar-refractivity contribution in [3.8, 4) is 11.4 Å². The summed E-state index contributed by atoms with van der Waals surface area (Å²) in [6.45, 7) is 0.458. The number of carbonyl (C=O) groups is 1. The van der Waals surface area contributed by atoms with Crippen LogP contribution < -0.4 is 10.7 Å². The Balaban J connectivity index is 1.29. The SMILES string of the molecule is O=C(CSc1nnc(CNc2cccc3ccccc23)n1-c1ccccc1)NN=Cc1ccc(O)cc1. The fourth-order valence-corrected chi connectivity index (χ4v) is 4.56. The van der Waals surface area contributed by atoms with E-state index in [1.165, 1.54) is 18.0 Å². The fraction of sp³-hybridized carbons (Fsp3) is 0.0714. The van der Waals surface area contributed by atoms with Crippen molar-refractivity contribution in [3.63, 3.8) is 0 Å². The second-order valence-electron chi connectivity index (χ2n) is 8.12. The Kier molecular flexibility index (Phi) is 7.42. The lowest BCUT2D eigenvalue weighted by Gasteiger charge is -2.12. The number of benzene rings is 4. The van der Waals surface area contributed by atoms with Gasteiger partial charge in [0.25, 0.3) is 5.91 Å². The van der Waals surface area contributed by atoms with Crippen molar-refractivity contribution in [3.05, 3.63) is 108 Å². The average molecular weight is 509 g/mol. The van der Waals surface area contributed by atoms with E-state index in [9.17, 15) is 9.90 Å². The highest BCUT2D eigenvalue weighted by Crippen LogP contribution is 2.25. The lowest BCUT2D eigenvalue weighted by atomic mass is 10.1. The molecule has 8 nitrogen and oxygen atoms in total. The van der Waals surface area contributed by atoms with Crippen LogP contribution in [-0.4, -0.2) is 37.7 Å². The Morgan fingerprint density at radius 3 is 2.51 bits per heavy atom. The third-order valence-electron chi connectivity index (χ3n) is 5.57. The summed E-state index contributed by atoms with van der Waals surface area (Å²) in [6, 6.07) is 30.7. The van der Waals surface area contributed by atoms with Gasteiger partial charge in [-0.05, 0) is 53.4 Å². The van der Waals surface area contributed by atoms with Crippen molar-refractivity contribution in [1.82, 2.24) is 20.2 Å². The van der Waals surface area contributed by atoms with E-state index >= 15 is 0 Å². The molecule has 0 fully saturated rings. The van der Waals surface area contributed by atoms with E-state index in [-0.39, 0.29) is 17.4 Å². The largest absolute Gasteiger partial charge is 0.508 e. The summed E-state index contributed by atoms with van der Waals surface area (Å²) in [5.74, 6) is 0.756. The summed E-state index contributed by atoms with van der Waals surface area (Å²) in [4.78, 5) is 12.4. The first-order chi connectivity index (χ1) is 18.2. The highest BCUT2D eigenvalue weighted by Gasteiger charge is 2.16. The number of rotatable bonds is 9. The molecule has 0 saturated carbocycles. The number of carbonyl (C=O) groups excluding carboxylic acids is 1. The summed E-state index contributed by atoms with van der Waals surface area (Å²) < 4.78 is 1.95. The molecule has 9 heteroatoms. The molecule has 3 N–H and O–H groups in total. The van der Waals surface area contributed by atoms with Crippen molar-refractivity contribution in [2.24, 2.45) is 5.10 Å². The van der Waals surface area contributed by atoms with Crippen LogP contribution in [0.15, 0.2) is 107 Å². The Morgan fingerprint density at radius 1 is 0.919 bits per heavy atom. The van der Waals surface area contributed by atoms with Gasteiger partial charge in [-0.2, -0.15) is 5.10 Å². The van der Waals surface area contributed by atoms with Crippen molar-refractivity contribution >= 4 is 40.3 Å². The number of aromatic nitrogens is 3.